The number of carbonyl (C=O) groups excluding carboxylic acids is 1. The third-order valence-corrected chi connectivity index (χ3v) is 5.89. The zero-order valence-electron chi connectivity index (χ0n) is 19.8. The van der Waals surface area contributed by atoms with E-state index in [1.165, 1.54) is 0 Å². The molecule has 1 fully saturated rings. The fraction of sp³-hybridized carbons (Fsp3) is 0.308. The van der Waals surface area contributed by atoms with E-state index in [4.69, 9.17) is 0 Å². The van der Waals surface area contributed by atoms with E-state index in [0.29, 0.717) is 36.4 Å². The number of pyridine rings is 1. The third kappa shape index (κ3) is 6.05. The summed E-state index contributed by atoms with van der Waals surface area (Å²) in [5, 5.41) is 10.6. The highest BCUT2D eigenvalue weighted by Crippen LogP contribution is 2.29. The molecule has 0 radical (unpaired) electrons. The van der Waals surface area contributed by atoms with E-state index in [-0.39, 0.29) is 24.4 Å². The second-order valence-electron chi connectivity index (χ2n) is 8.74. The van der Waals surface area contributed by atoms with E-state index in [9.17, 15) is 13.6 Å². The van der Waals surface area contributed by atoms with E-state index < -0.39 is 5.92 Å². The van der Waals surface area contributed by atoms with Gasteiger partial charge in [-0.2, -0.15) is 5.10 Å². The number of hydrogen-bond donors (Lipinski definition) is 2. The molecule has 7 nitrogen and oxygen atoms in total. The summed E-state index contributed by atoms with van der Waals surface area (Å²) in [4.78, 5) is 23.4. The summed E-state index contributed by atoms with van der Waals surface area (Å²) in [6.07, 6.45) is 6.57. The van der Waals surface area contributed by atoms with Crippen molar-refractivity contribution in [2.45, 2.75) is 39.2 Å². The van der Waals surface area contributed by atoms with E-state index in [1.807, 2.05) is 29.2 Å². The first-order valence-electron chi connectivity index (χ1n) is 11.4. The van der Waals surface area contributed by atoms with Crippen molar-refractivity contribution in [1.82, 2.24) is 25.4 Å². The predicted molar refractivity (Wildman–Crippen MR) is 133 cm³/mol. The molecule has 1 saturated heterocycles. The van der Waals surface area contributed by atoms with E-state index >= 15 is 0 Å². The molecule has 2 aromatic heterocycles. The van der Waals surface area contributed by atoms with Crippen molar-refractivity contribution in [2.24, 2.45) is 4.99 Å². The maximum Gasteiger partial charge on any atom is 0.276 e. The summed E-state index contributed by atoms with van der Waals surface area (Å²) in [6.45, 7) is 8.58. The van der Waals surface area contributed by atoms with Crippen molar-refractivity contribution in [3.05, 3.63) is 72.0 Å². The molecule has 1 aromatic carbocycles. The summed E-state index contributed by atoms with van der Waals surface area (Å²) in [7, 11) is 0. The van der Waals surface area contributed by atoms with Crippen LogP contribution in [0.1, 0.15) is 42.7 Å². The van der Waals surface area contributed by atoms with Crippen molar-refractivity contribution in [3.8, 4) is 11.1 Å². The van der Waals surface area contributed by atoms with Crippen LogP contribution in [0.2, 0.25) is 0 Å². The van der Waals surface area contributed by atoms with Crippen LogP contribution in [0.25, 0.3) is 22.0 Å². The molecule has 2 N–H and O–H groups in total. The molecule has 9 heteroatoms. The van der Waals surface area contributed by atoms with Gasteiger partial charge in [0.05, 0.1) is 17.4 Å². The number of nitrogens with one attached hydrogen (secondary N) is 2. The molecule has 0 aliphatic carbocycles. The van der Waals surface area contributed by atoms with E-state index in [1.54, 1.807) is 38.5 Å². The Morgan fingerprint density at radius 2 is 2.03 bits per heavy atom. The largest absolute Gasteiger partial charge is 0.319 e. The van der Waals surface area contributed by atoms with E-state index in [2.05, 4.69) is 32.1 Å². The van der Waals surface area contributed by atoms with Gasteiger partial charge in [0, 0.05) is 61.5 Å². The van der Waals surface area contributed by atoms with Gasteiger partial charge in [-0.15, -0.1) is 0 Å². The number of aromatic nitrogens is 3. The fourth-order valence-electron chi connectivity index (χ4n) is 3.94. The number of allylic oxidation sites excluding steroid dienone is 3. The molecule has 0 unspecified atom stereocenters. The Morgan fingerprint density at radius 1 is 1.26 bits per heavy atom. The van der Waals surface area contributed by atoms with Crippen molar-refractivity contribution in [3.63, 3.8) is 0 Å². The summed E-state index contributed by atoms with van der Waals surface area (Å²) >= 11 is 0. The second kappa shape index (κ2) is 10.3. The Labute approximate surface area is 202 Å². The normalized spacial score (nSPS) is 16.6. The Kier molecular flexibility index (Phi) is 7.16. The molecule has 3 heterocycles. The Morgan fingerprint density at radius 3 is 2.74 bits per heavy atom. The number of fused-ring (bicyclic) bond motifs is 1. The van der Waals surface area contributed by atoms with Crippen LogP contribution in [-0.4, -0.2) is 51.2 Å². The highest BCUT2D eigenvalue weighted by atomic mass is 19.3. The lowest BCUT2D eigenvalue weighted by atomic mass is 10.0. The van der Waals surface area contributed by atoms with Gasteiger partial charge in [-0.3, -0.25) is 24.8 Å². The maximum atomic E-state index is 13.5. The minimum Gasteiger partial charge on any atom is -0.319 e. The van der Waals surface area contributed by atoms with Gasteiger partial charge in [0.15, 0.2) is 5.69 Å². The van der Waals surface area contributed by atoms with Gasteiger partial charge >= 0.3 is 0 Å². The van der Waals surface area contributed by atoms with Crippen LogP contribution >= 0.6 is 0 Å². The monoisotopic (exact) mass is 478 g/mol. The van der Waals surface area contributed by atoms with Crippen molar-refractivity contribution in [2.75, 3.05) is 13.1 Å². The minimum atomic E-state index is -2.56. The lowest BCUT2D eigenvalue weighted by Gasteiger charge is -2.31. The number of likely N-dealkylation sites (tertiary alicyclic amines) is 1. The van der Waals surface area contributed by atoms with Crippen LogP contribution in [0.3, 0.4) is 0 Å². The molecule has 0 spiro atoms. The number of H-pyrrole nitrogens is 1. The van der Waals surface area contributed by atoms with Crippen LogP contribution in [0, 0.1) is 0 Å². The number of nitrogens with zero attached hydrogens (tertiary/aromatic N) is 4. The maximum absolute atomic E-state index is 13.5. The van der Waals surface area contributed by atoms with Crippen LogP contribution in [0.15, 0.2) is 65.7 Å². The highest BCUT2D eigenvalue weighted by Gasteiger charge is 2.33. The van der Waals surface area contributed by atoms with Gasteiger partial charge in [-0.25, -0.2) is 8.78 Å². The molecule has 1 amide bonds. The summed E-state index contributed by atoms with van der Waals surface area (Å²) in [6, 6.07) is 7.70. The first kappa shape index (κ1) is 24.4. The summed E-state index contributed by atoms with van der Waals surface area (Å²) in [5.41, 5.74) is 4.87. The Bertz CT molecular complexity index is 1300. The van der Waals surface area contributed by atoms with Gasteiger partial charge in [-0.1, -0.05) is 18.7 Å². The number of aromatic amines is 1. The molecule has 1 aliphatic rings. The van der Waals surface area contributed by atoms with Crippen LogP contribution in [-0.2, 0) is 6.54 Å². The first-order valence-corrected chi connectivity index (χ1v) is 11.4. The number of benzene rings is 1. The zero-order chi connectivity index (χ0) is 25.0. The number of alkyl halides is 2. The topological polar surface area (TPSA) is 86.3 Å². The van der Waals surface area contributed by atoms with Crippen molar-refractivity contribution in [1.29, 1.82) is 0 Å². The molecule has 35 heavy (non-hydrogen) atoms. The van der Waals surface area contributed by atoms with E-state index in [0.717, 1.165) is 22.2 Å². The molecule has 0 atom stereocenters. The first-order chi connectivity index (χ1) is 16.7. The van der Waals surface area contributed by atoms with Gasteiger partial charge in [0.2, 0.25) is 0 Å². The number of amides is 1. The number of carbonyl (C=O) groups is 1. The lowest BCUT2D eigenvalue weighted by molar-refractivity contribution is -0.0566. The molecule has 1 aliphatic heterocycles. The number of aliphatic imine (C=N–C) groups is 1. The van der Waals surface area contributed by atoms with Gasteiger partial charge < -0.3 is 5.32 Å². The number of piperidine rings is 1. The molecule has 3 aromatic rings. The molecule has 182 valence electrons. The average Bonchev–Trinajstić information content (AvgIpc) is 3.26. The molecular formula is C26H28F2N6O. The summed E-state index contributed by atoms with van der Waals surface area (Å²) < 4.78 is 26.9. The fourth-order valence-corrected chi connectivity index (χ4v) is 3.94. The minimum absolute atomic E-state index is 0.115. The predicted octanol–water partition coefficient (Wildman–Crippen LogP) is 5.09. The van der Waals surface area contributed by atoms with Crippen LogP contribution in [0.5, 0.6) is 0 Å². The number of rotatable bonds is 7. The lowest BCUT2D eigenvalue weighted by Crippen LogP contribution is -2.38. The van der Waals surface area contributed by atoms with Gasteiger partial charge in [-0.05, 0) is 43.2 Å². The van der Waals surface area contributed by atoms with Crippen molar-refractivity contribution < 1.29 is 13.6 Å². The van der Waals surface area contributed by atoms with Crippen molar-refractivity contribution >= 4 is 23.0 Å². The molecule has 0 bridgehead atoms. The SMILES string of the molecule is C=C(C)N=C/C(=C\C)NC(=O)c1n[nH]c2ccc(-c3cncc(CN4CCC(F)(F)CC4)c3)cc12. The standard InChI is InChI=1S/C26H28F2N6O/c1-4-21(15-30-17(2)3)31-25(35)24-22-12-19(5-6-23(22)32-33-24)20-11-18(13-29-14-20)16-34-9-7-26(27,28)8-10-34/h4-6,11-15H,2,7-10,16H2,1,3H3,(H,31,35)(H,32,33)/b21-4+,30-15?. The highest BCUT2D eigenvalue weighted by molar-refractivity contribution is 6.07. The van der Waals surface area contributed by atoms with Gasteiger partial charge in [0.1, 0.15) is 0 Å². The number of hydrogen-bond acceptors (Lipinski definition) is 5. The van der Waals surface area contributed by atoms with Crippen LogP contribution in [0.4, 0.5) is 8.78 Å². The number of halogens is 2. The smallest absolute Gasteiger partial charge is 0.276 e. The van der Waals surface area contributed by atoms with Gasteiger partial charge in [0.25, 0.3) is 11.8 Å². The quantitative estimate of drug-likeness (QED) is 0.463. The Hall–Kier alpha value is -3.72. The average molecular weight is 479 g/mol. The van der Waals surface area contributed by atoms with Crippen LogP contribution < -0.4 is 5.32 Å². The molecule has 4 rings (SSSR count). The summed E-state index contributed by atoms with van der Waals surface area (Å²) in [5.74, 6) is -2.92. The second-order valence-corrected chi connectivity index (χ2v) is 8.74. The molecular weight excluding hydrogens is 450 g/mol. The Balaban J connectivity index is 1.54. The zero-order valence-corrected chi connectivity index (χ0v) is 19.8. The third-order valence-electron chi connectivity index (χ3n) is 5.89. The molecule has 0 saturated carbocycles.